The maximum atomic E-state index is 12.9. The minimum atomic E-state index is -0.168. The smallest absolute Gasteiger partial charge is 0.123 e. The fourth-order valence-electron chi connectivity index (χ4n) is 2.72. The normalized spacial score (nSPS) is 19.5. The van der Waals surface area contributed by atoms with Crippen molar-refractivity contribution in [1.82, 2.24) is 10.2 Å². The molecule has 0 aliphatic carbocycles. The van der Waals surface area contributed by atoms with Gasteiger partial charge in [0, 0.05) is 12.6 Å². The van der Waals surface area contributed by atoms with Crippen molar-refractivity contribution < 1.29 is 4.39 Å². The van der Waals surface area contributed by atoms with E-state index in [1.807, 2.05) is 12.1 Å². The van der Waals surface area contributed by atoms with Crippen LogP contribution in [0.3, 0.4) is 0 Å². The predicted molar refractivity (Wildman–Crippen MR) is 77.7 cm³/mol. The molecule has 2 nitrogen and oxygen atoms in total. The van der Waals surface area contributed by atoms with Gasteiger partial charge in [0.05, 0.1) is 0 Å². The molecule has 1 aromatic rings. The molecule has 1 N–H and O–H groups in total. The van der Waals surface area contributed by atoms with Crippen LogP contribution in [0.2, 0.25) is 0 Å². The Bertz CT molecular complexity index is 371. The van der Waals surface area contributed by atoms with Crippen LogP contribution in [0.25, 0.3) is 0 Å². The molecule has 0 radical (unpaired) electrons. The van der Waals surface area contributed by atoms with Gasteiger partial charge in [-0.1, -0.05) is 19.1 Å². The molecule has 1 fully saturated rings. The molecule has 0 amide bonds. The van der Waals surface area contributed by atoms with Crippen molar-refractivity contribution in [1.29, 1.82) is 0 Å². The number of nitrogens with zero attached hydrogens (tertiary/aromatic N) is 1. The van der Waals surface area contributed by atoms with Gasteiger partial charge in [-0.15, -0.1) is 0 Å². The monoisotopic (exact) mass is 264 g/mol. The van der Waals surface area contributed by atoms with Crippen LogP contribution in [-0.4, -0.2) is 31.1 Å². The largest absolute Gasteiger partial charge is 0.310 e. The van der Waals surface area contributed by atoms with E-state index in [1.165, 1.54) is 44.6 Å². The topological polar surface area (TPSA) is 15.3 Å². The van der Waals surface area contributed by atoms with E-state index in [2.05, 4.69) is 24.1 Å². The first-order valence-electron chi connectivity index (χ1n) is 7.36. The van der Waals surface area contributed by atoms with Crippen molar-refractivity contribution in [3.05, 3.63) is 35.6 Å². The Morgan fingerprint density at radius 3 is 2.42 bits per heavy atom. The Morgan fingerprint density at radius 2 is 1.79 bits per heavy atom. The van der Waals surface area contributed by atoms with Crippen LogP contribution in [-0.2, 0) is 0 Å². The van der Waals surface area contributed by atoms with Crippen LogP contribution in [0.1, 0.15) is 38.3 Å². The molecule has 0 bridgehead atoms. The fraction of sp³-hybridized carbons (Fsp3) is 0.625. The van der Waals surface area contributed by atoms with Gasteiger partial charge < -0.3 is 10.2 Å². The van der Waals surface area contributed by atoms with Crippen LogP contribution < -0.4 is 5.32 Å². The first kappa shape index (κ1) is 14.5. The van der Waals surface area contributed by atoms with Crippen LogP contribution in [0.5, 0.6) is 0 Å². The van der Waals surface area contributed by atoms with Gasteiger partial charge in [-0.25, -0.2) is 4.39 Å². The van der Waals surface area contributed by atoms with E-state index >= 15 is 0 Å². The molecule has 1 aliphatic heterocycles. The first-order chi connectivity index (χ1) is 9.15. The lowest BCUT2D eigenvalue weighted by atomic mass is 10.1. The molecule has 3 heteroatoms. The second-order valence-electron chi connectivity index (χ2n) is 5.79. The summed E-state index contributed by atoms with van der Waals surface area (Å²) in [6, 6.07) is 7.06. The number of halogens is 1. The second kappa shape index (κ2) is 7.01. The fourth-order valence-corrected chi connectivity index (χ4v) is 2.72. The summed E-state index contributed by atoms with van der Waals surface area (Å²) in [4.78, 5) is 2.55. The highest BCUT2D eigenvalue weighted by Gasteiger charge is 2.15. The summed E-state index contributed by atoms with van der Waals surface area (Å²) >= 11 is 0. The van der Waals surface area contributed by atoms with E-state index < -0.39 is 0 Å². The van der Waals surface area contributed by atoms with Crippen LogP contribution in [0.4, 0.5) is 4.39 Å². The zero-order valence-electron chi connectivity index (χ0n) is 12.0. The number of hydrogen-bond acceptors (Lipinski definition) is 2. The third kappa shape index (κ3) is 4.59. The van der Waals surface area contributed by atoms with Crippen molar-refractivity contribution in [2.45, 2.75) is 32.7 Å². The van der Waals surface area contributed by atoms with Gasteiger partial charge in [-0.05, 0) is 63.0 Å². The van der Waals surface area contributed by atoms with Gasteiger partial charge in [0.25, 0.3) is 0 Å². The molecule has 1 aliphatic rings. The van der Waals surface area contributed by atoms with Crippen molar-refractivity contribution >= 4 is 0 Å². The summed E-state index contributed by atoms with van der Waals surface area (Å²) in [6.45, 7) is 9.15. The van der Waals surface area contributed by atoms with E-state index in [0.717, 1.165) is 12.1 Å². The highest BCUT2D eigenvalue weighted by atomic mass is 19.1. The highest BCUT2D eigenvalue weighted by Crippen LogP contribution is 2.14. The van der Waals surface area contributed by atoms with Gasteiger partial charge in [-0.3, -0.25) is 0 Å². The minimum absolute atomic E-state index is 0.168. The molecule has 2 rings (SSSR count). The third-order valence-corrected chi connectivity index (χ3v) is 3.91. The van der Waals surface area contributed by atoms with Crippen LogP contribution in [0.15, 0.2) is 24.3 Å². The van der Waals surface area contributed by atoms with Gasteiger partial charge in [-0.2, -0.15) is 0 Å². The number of rotatable bonds is 6. The zero-order valence-corrected chi connectivity index (χ0v) is 12.0. The Balaban J connectivity index is 1.73. The average Bonchev–Trinajstić information content (AvgIpc) is 2.89. The molecule has 0 aromatic heterocycles. The summed E-state index contributed by atoms with van der Waals surface area (Å²) < 4.78 is 12.9. The molecule has 19 heavy (non-hydrogen) atoms. The van der Waals surface area contributed by atoms with E-state index in [1.54, 1.807) is 0 Å². The molecule has 2 atom stereocenters. The van der Waals surface area contributed by atoms with Crippen molar-refractivity contribution in [2.75, 3.05) is 26.2 Å². The van der Waals surface area contributed by atoms with Gasteiger partial charge in [0.1, 0.15) is 5.82 Å². The maximum absolute atomic E-state index is 12.9. The van der Waals surface area contributed by atoms with Crippen molar-refractivity contribution in [3.63, 3.8) is 0 Å². The zero-order chi connectivity index (χ0) is 13.7. The number of likely N-dealkylation sites (tertiary alicyclic amines) is 1. The lowest BCUT2D eigenvalue weighted by Gasteiger charge is -2.22. The average molecular weight is 264 g/mol. The molecule has 1 saturated heterocycles. The standard InChI is InChI=1S/C16H25FN2/c1-13(12-19-9-3-4-10-19)11-18-14(2)15-5-7-16(17)8-6-15/h5-8,13-14,18H,3-4,9-12H2,1-2H3. The Labute approximate surface area is 116 Å². The summed E-state index contributed by atoms with van der Waals surface area (Å²) in [6.07, 6.45) is 2.71. The molecular weight excluding hydrogens is 239 g/mol. The SMILES string of the molecule is CC(CNC(C)c1ccc(F)cc1)CN1CCCC1. The molecule has 106 valence electrons. The number of hydrogen-bond donors (Lipinski definition) is 1. The van der Waals surface area contributed by atoms with Gasteiger partial charge in [0.15, 0.2) is 0 Å². The van der Waals surface area contributed by atoms with Crippen LogP contribution in [0, 0.1) is 11.7 Å². The number of benzene rings is 1. The summed E-state index contributed by atoms with van der Waals surface area (Å²) in [5.74, 6) is 0.486. The molecule has 0 spiro atoms. The second-order valence-corrected chi connectivity index (χ2v) is 5.79. The number of nitrogens with one attached hydrogen (secondary N) is 1. The van der Waals surface area contributed by atoms with Gasteiger partial charge >= 0.3 is 0 Å². The molecular formula is C16H25FN2. The highest BCUT2D eigenvalue weighted by molar-refractivity contribution is 5.19. The van der Waals surface area contributed by atoms with Crippen molar-refractivity contribution in [3.8, 4) is 0 Å². The molecule has 1 aromatic carbocycles. The maximum Gasteiger partial charge on any atom is 0.123 e. The minimum Gasteiger partial charge on any atom is -0.310 e. The van der Waals surface area contributed by atoms with E-state index in [4.69, 9.17) is 0 Å². The Hall–Kier alpha value is -0.930. The first-order valence-corrected chi connectivity index (χ1v) is 7.36. The lowest BCUT2D eigenvalue weighted by molar-refractivity contribution is 0.279. The van der Waals surface area contributed by atoms with Crippen molar-refractivity contribution in [2.24, 2.45) is 5.92 Å². The lowest BCUT2D eigenvalue weighted by Crippen LogP contribution is -2.32. The van der Waals surface area contributed by atoms with E-state index in [0.29, 0.717) is 5.92 Å². The summed E-state index contributed by atoms with van der Waals surface area (Å²) in [5.41, 5.74) is 1.15. The Kier molecular flexibility index (Phi) is 5.34. The Morgan fingerprint density at radius 1 is 1.16 bits per heavy atom. The summed E-state index contributed by atoms with van der Waals surface area (Å²) in [7, 11) is 0. The molecule has 2 unspecified atom stereocenters. The van der Waals surface area contributed by atoms with Crippen LogP contribution >= 0.6 is 0 Å². The van der Waals surface area contributed by atoms with E-state index in [-0.39, 0.29) is 11.9 Å². The predicted octanol–water partition coefficient (Wildman–Crippen LogP) is 3.21. The van der Waals surface area contributed by atoms with Gasteiger partial charge in [0.2, 0.25) is 0 Å². The molecule has 1 heterocycles. The third-order valence-electron chi connectivity index (χ3n) is 3.91. The van der Waals surface area contributed by atoms with E-state index in [9.17, 15) is 4.39 Å². The summed E-state index contributed by atoms with van der Waals surface area (Å²) in [5, 5.41) is 3.54. The quantitative estimate of drug-likeness (QED) is 0.849. The molecule has 0 saturated carbocycles.